The monoisotopic (exact) mass is 374 g/mol. The number of hydrogen-bond donors (Lipinski definition) is 2. The van der Waals surface area contributed by atoms with Crippen LogP contribution in [0.5, 0.6) is 0 Å². The van der Waals surface area contributed by atoms with Gasteiger partial charge in [-0.15, -0.1) is 0 Å². The average molecular weight is 374 g/mol. The molecule has 0 aromatic heterocycles. The zero-order valence-corrected chi connectivity index (χ0v) is 15.6. The maximum Gasteiger partial charge on any atom is 0.333 e. The number of ether oxygens (including phenoxy) is 4. The molecule has 8 nitrogen and oxygen atoms in total. The molecule has 2 rings (SSSR count). The lowest BCUT2D eigenvalue weighted by Crippen LogP contribution is -2.06. The SMILES string of the molecule is C(OCC1CO1)C1CO1.C=C(C)C(=O)O.C=C(C)C(=O)OCCCCO. The van der Waals surface area contributed by atoms with Gasteiger partial charge in [0.2, 0.25) is 0 Å². The number of esters is 1. The van der Waals surface area contributed by atoms with Crippen molar-refractivity contribution in [2.45, 2.75) is 38.9 Å². The first-order valence-corrected chi connectivity index (χ1v) is 8.41. The minimum atomic E-state index is -0.935. The van der Waals surface area contributed by atoms with Crippen LogP contribution in [0.1, 0.15) is 26.7 Å². The van der Waals surface area contributed by atoms with Gasteiger partial charge in [0, 0.05) is 17.8 Å². The molecule has 26 heavy (non-hydrogen) atoms. The van der Waals surface area contributed by atoms with E-state index in [1.807, 2.05) is 0 Å². The van der Waals surface area contributed by atoms with Crippen molar-refractivity contribution >= 4 is 11.9 Å². The molecule has 2 aliphatic rings. The van der Waals surface area contributed by atoms with Gasteiger partial charge < -0.3 is 29.2 Å². The molecular formula is C18H30O8. The maximum atomic E-state index is 10.7. The number of hydrogen-bond acceptors (Lipinski definition) is 7. The van der Waals surface area contributed by atoms with E-state index in [0.29, 0.717) is 37.2 Å². The number of carbonyl (C=O) groups is 2. The second kappa shape index (κ2) is 14.4. The van der Waals surface area contributed by atoms with Crippen molar-refractivity contribution in [3.8, 4) is 0 Å². The summed E-state index contributed by atoms with van der Waals surface area (Å²) in [5.74, 6) is -1.29. The zero-order chi connectivity index (χ0) is 19.9. The van der Waals surface area contributed by atoms with Crippen LogP contribution in [0.25, 0.3) is 0 Å². The fourth-order valence-electron chi connectivity index (χ4n) is 1.16. The Morgan fingerprint density at radius 1 is 1.04 bits per heavy atom. The standard InChI is InChI=1S/C8H14O3.C6H10O3.C4H6O2/c1-7(2)8(10)11-6-4-3-5-9;1(5-3-8-5)7-2-6-4-9-6;1-3(2)4(5)6/h9H,1,3-6H2,2H3;5-6H,1-4H2;1H2,2H3,(H,5,6). The Balaban J connectivity index is 0.000000376. The van der Waals surface area contributed by atoms with Gasteiger partial charge in [0.05, 0.1) is 33.0 Å². The second-order valence-corrected chi connectivity index (χ2v) is 5.88. The minimum absolute atomic E-state index is 0.143. The van der Waals surface area contributed by atoms with E-state index in [1.54, 1.807) is 6.92 Å². The van der Waals surface area contributed by atoms with Crippen LogP contribution in [0.2, 0.25) is 0 Å². The first kappa shape index (κ1) is 24.3. The number of aliphatic hydroxyl groups is 1. The smallest absolute Gasteiger partial charge is 0.333 e. The molecule has 2 aliphatic heterocycles. The molecule has 150 valence electrons. The Morgan fingerprint density at radius 3 is 1.81 bits per heavy atom. The molecule has 2 fully saturated rings. The van der Waals surface area contributed by atoms with E-state index in [4.69, 9.17) is 29.2 Å². The van der Waals surface area contributed by atoms with Gasteiger partial charge in [-0.1, -0.05) is 13.2 Å². The third-order valence-electron chi connectivity index (χ3n) is 2.91. The van der Waals surface area contributed by atoms with Crippen LogP contribution in [-0.4, -0.2) is 74.0 Å². The number of aliphatic carboxylic acids is 1. The molecule has 0 aromatic carbocycles. The highest BCUT2D eigenvalue weighted by molar-refractivity contribution is 5.86. The van der Waals surface area contributed by atoms with Gasteiger partial charge in [0.1, 0.15) is 12.2 Å². The Kier molecular flexibility index (Phi) is 13.5. The lowest BCUT2D eigenvalue weighted by atomic mass is 10.3. The number of rotatable bonds is 10. The van der Waals surface area contributed by atoms with Crippen molar-refractivity contribution in [1.29, 1.82) is 0 Å². The van der Waals surface area contributed by atoms with Crippen LogP contribution >= 0.6 is 0 Å². The molecule has 0 aliphatic carbocycles. The summed E-state index contributed by atoms with van der Waals surface area (Å²) in [6.45, 7) is 13.4. The van der Waals surface area contributed by atoms with Gasteiger partial charge >= 0.3 is 11.9 Å². The summed E-state index contributed by atoms with van der Waals surface area (Å²) in [6, 6.07) is 0. The Labute approximate surface area is 154 Å². The summed E-state index contributed by atoms with van der Waals surface area (Å²) in [4.78, 5) is 20.3. The van der Waals surface area contributed by atoms with Gasteiger partial charge in [-0.2, -0.15) is 0 Å². The quantitative estimate of drug-likeness (QED) is 0.254. The van der Waals surface area contributed by atoms with E-state index in [1.165, 1.54) is 6.92 Å². The Morgan fingerprint density at radius 2 is 1.50 bits per heavy atom. The summed E-state index contributed by atoms with van der Waals surface area (Å²) >= 11 is 0. The lowest BCUT2D eigenvalue weighted by molar-refractivity contribution is -0.139. The Hall–Kier alpha value is -1.74. The number of epoxide rings is 2. The molecule has 2 saturated heterocycles. The van der Waals surface area contributed by atoms with E-state index in [9.17, 15) is 9.59 Å². The first-order chi connectivity index (χ1) is 12.3. The molecule has 0 bridgehead atoms. The highest BCUT2D eigenvalue weighted by atomic mass is 16.6. The molecule has 0 saturated carbocycles. The van der Waals surface area contributed by atoms with E-state index in [0.717, 1.165) is 26.4 Å². The van der Waals surface area contributed by atoms with E-state index in [-0.39, 0.29) is 18.1 Å². The second-order valence-electron chi connectivity index (χ2n) is 5.88. The van der Waals surface area contributed by atoms with Crippen molar-refractivity contribution < 1.29 is 38.7 Å². The van der Waals surface area contributed by atoms with Gasteiger partial charge in [-0.3, -0.25) is 0 Å². The van der Waals surface area contributed by atoms with Crippen LogP contribution in [-0.2, 0) is 28.5 Å². The largest absolute Gasteiger partial charge is 0.478 e. The number of carboxylic acid groups (broad SMARTS) is 1. The molecule has 2 heterocycles. The topological polar surface area (TPSA) is 118 Å². The van der Waals surface area contributed by atoms with Crippen LogP contribution < -0.4 is 0 Å². The highest BCUT2D eigenvalue weighted by Gasteiger charge is 2.26. The van der Waals surface area contributed by atoms with E-state index >= 15 is 0 Å². The van der Waals surface area contributed by atoms with Crippen LogP contribution in [0.4, 0.5) is 0 Å². The average Bonchev–Trinajstić information content (AvgIpc) is 3.47. The van der Waals surface area contributed by atoms with Crippen molar-refractivity contribution in [2.75, 3.05) is 39.6 Å². The highest BCUT2D eigenvalue weighted by Crippen LogP contribution is 2.12. The number of carbonyl (C=O) groups excluding carboxylic acids is 1. The summed E-state index contributed by atoms with van der Waals surface area (Å²) in [5.41, 5.74) is 0.587. The van der Waals surface area contributed by atoms with Crippen molar-refractivity contribution in [1.82, 2.24) is 0 Å². The number of aliphatic hydroxyl groups excluding tert-OH is 1. The van der Waals surface area contributed by atoms with Gasteiger partial charge in [0.15, 0.2) is 0 Å². The lowest BCUT2D eigenvalue weighted by Gasteiger charge is -2.01. The molecule has 8 heteroatoms. The summed E-state index contributed by atoms with van der Waals surface area (Å²) in [5, 5.41) is 16.3. The molecule has 2 N–H and O–H groups in total. The summed E-state index contributed by atoms with van der Waals surface area (Å²) in [7, 11) is 0. The van der Waals surface area contributed by atoms with Gasteiger partial charge in [-0.25, -0.2) is 9.59 Å². The molecule has 0 spiro atoms. The molecule has 0 aromatic rings. The van der Waals surface area contributed by atoms with Crippen molar-refractivity contribution in [3.63, 3.8) is 0 Å². The fourth-order valence-corrected chi connectivity index (χ4v) is 1.16. The van der Waals surface area contributed by atoms with Gasteiger partial charge in [-0.05, 0) is 26.7 Å². The third kappa shape index (κ3) is 17.1. The molecular weight excluding hydrogens is 344 g/mol. The van der Waals surface area contributed by atoms with Gasteiger partial charge in [0.25, 0.3) is 0 Å². The van der Waals surface area contributed by atoms with Crippen molar-refractivity contribution in [2.24, 2.45) is 0 Å². The third-order valence-corrected chi connectivity index (χ3v) is 2.91. The van der Waals surface area contributed by atoms with E-state index in [2.05, 4.69) is 13.2 Å². The first-order valence-electron chi connectivity index (χ1n) is 8.41. The number of unbranched alkanes of at least 4 members (excludes halogenated alkanes) is 1. The number of carboxylic acids is 1. The predicted molar refractivity (Wildman–Crippen MR) is 94.8 cm³/mol. The molecule has 2 atom stereocenters. The molecule has 2 unspecified atom stereocenters. The zero-order valence-electron chi connectivity index (χ0n) is 15.6. The summed E-state index contributed by atoms with van der Waals surface area (Å²) < 4.78 is 19.9. The molecule has 0 amide bonds. The summed E-state index contributed by atoms with van der Waals surface area (Å²) in [6.07, 6.45) is 2.16. The minimum Gasteiger partial charge on any atom is -0.478 e. The predicted octanol–water partition coefficient (Wildman–Crippen LogP) is 1.33. The normalized spacial score (nSPS) is 19.0. The van der Waals surface area contributed by atoms with Crippen molar-refractivity contribution in [3.05, 3.63) is 24.3 Å². The fraction of sp³-hybridized carbons (Fsp3) is 0.667. The van der Waals surface area contributed by atoms with Crippen LogP contribution in [0.3, 0.4) is 0 Å². The maximum absolute atomic E-state index is 10.7. The van der Waals surface area contributed by atoms with Crippen LogP contribution in [0.15, 0.2) is 24.3 Å². The Bertz CT molecular complexity index is 428. The molecule has 0 radical (unpaired) electrons. The van der Waals surface area contributed by atoms with E-state index < -0.39 is 5.97 Å². The van der Waals surface area contributed by atoms with Crippen LogP contribution in [0, 0.1) is 0 Å².